The van der Waals surface area contributed by atoms with Crippen LogP contribution in [0, 0.1) is 0 Å². The second-order valence-electron chi connectivity index (χ2n) is 9.05. The maximum Gasteiger partial charge on any atom is 0.303 e. The molecule has 2 aliphatic rings. The molecule has 2 saturated heterocycles. The SMILES string of the molecule is CC(=O)OCC1OC(O)C(OC2OC(C)C(OC(C)=O)C(OC(C)=O)C2OC(C)=O)C(OC(C)=O)C1OC(C)=O. The molecule has 0 amide bonds. The van der Waals surface area contributed by atoms with Gasteiger partial charge >= 0.3 is 35.8 Å². The molecule has 2 aliphatic heterocycles. The van der Waals surface area contributed by atoms with Crippen molar-refractivity contribution in [1.82, 2.24) is 0 Å². The summed E-state index contributed by atoms with van der Waals surface area (Å²) in [6.45, 7) is 7.45. The molecule has 0 aromatic heterocycles. The lowest BCUT2D eigenvalue weighted by Gasteiger charge is -2.47. The molecule has 2 heterocycles. The van der Waals surface area contributed by atoms with E-state index in [1.54, 1.807) is 0 Å². The van der Waals surface area contributed by atoms with E-state index >= 15 is 0 Å². The third-order valence-electron chi connectivity index (χ3n) is 5.59. The van der Waals surface area contributed by atoms with E-state index in [0.29, 0.717) is 0 Å². The average Bonchev–Trinajstić information content (AvgIpc) is 2.80. The Kier molecular flexibility index (Phi) is 11.8. The fourth-order valence-corrected chi connectivity index (χ4v) is 4.27. The molecule has 0 radical (unpaired) electrons. The highest BCUT2D eigenvalue weighted by atomic mass is 16.8. The number of aliphatic hydroxyl groups excluding tert-OH is 1. The van der Waals surface area contributed by atoms with Crippen LogP contribution in [0.25, 0.3) is 0 Å². The largest absolute Gasteiger partial charge is 0.463 e. The topological polar surface area (TPSA) is 206 Å². The molecular formula is C24H34O16. The Hall–Kier alpha value is -3.34. The molecule has 0 bridgehead atoms. The summed E-state index contributed by atoms with van der Waals surface area (Å²) in [6, 6.07) is 0. The van der Waals surface area contributed by atoms with Gasteiger partial charge in [0, 0.05) is 41.5 Å². The van der Waals surface area contributed by atoms with Crippen LogP contribution in [0.5, 0.6) is 0 Å². The summed E-state index contributed by atoms with van der Waals surface area (Å²) in [4.78, 5) is 70.9. The molecule has 0 spiro atoms. The van der Waals surface area contributed by atoms with Gasteiger partial charge in [-0.1, -0.05) is 0 Å². The van der Waals surface area contributed by atoms with Crippen LogP contribution in [-0.4, -0.2) is 109 Å². The van der Waals surface area contributed by atoms with Gasteiger partial charge in [0.05, 0.1) is 6.10 Å². The van der Waals surface area contributed by atoms with Crippen LogP contribution in [0.1, 0.15) is 48.5 Å². The van der Waals surface area contributed by atoms with Crippen molar-refractivity contribution in [2.45, 2.75) is 110 Å². The molecule has 0 saturated carbocycles. The summed E-state index contributed by atoms with van der Waals surface area (Å²) in [6.07, 6.45) is -14.7. The van der Waals surface area contributed by atoms with Crippen LogP contribution in [0.4, 0.5) is 0 Å². The van der Waals surface area contributed by atoms with E-state index < -0.39 is 104 Å². The second-order valence-corrected chi connectivity index (χ2v) is 9.05. The summed E-state index contributed by atoms with van der Waals surface area (Å²) in [7, 11) is 0. The molecule has 40 heavy (non-hydrogen) atoms. The van der Waals surface area contributed by atoms with Gasteiger partial charge in [0.15, 0.2) is 49.2 Å². The zero-order chi connectivity index (χ0) is 30.3. The summed E-state index contributed by atoms with van der Waals surface area (Å²) in [5.41, 5.74) is 0. The summed E-state index contributed by atoms with van der Waals surface area (Å²) >= 11 is 0. The Balaban J connectivity index is 2.49. The third-order valence-corrected chi connectivity index (χ3v) is 5.59. The van der Waals surface area contributed by atoms with E-state index in [-0.39, 0.29) is 0 Å². The van der Waals surface area contributed by atoms with Crippen molar-refractivity contribution in [3.63, 3.8) is 0 Å². The van der Waals surface area contributed by atoms with Crippen molar-refractivity contribution < 1.29 is 76.5 Å². The average molecular weight is 579 g/mol. The van der Waals surface area contributed by atoms with E-state index in [9.17, 15) is 33.9 Å². The van der Waals surface area contributed by atoms with Crippen LogP contribution in [-0.2, 0) is 71.4 Å². The smallest absolute Gasteiger partial charge is 0.303 e. The monoisotopic (exact) mass is 578 g/mol. The van der Waals surface area contributed by atoms with Crippen LogP contribution in [0.3, 0.4) is 0 Å². The molecule has 226 valence electrons. The lowest BCUT2D eigenvalue weighted by atomic mass is 9.96. The van der Waals surface area contributed by atoms with Crippen LogP contribution >= 0.6 is 0 Å². The van der Waals surface area contributed by atoms with Gasteiger partial charge in [-0.25, -0.2) is 0 Å². The first kappa shape index (κ1) is 32.9. The van der Waals surface area contributed by atoms with Gasteiger partial charge in [-0.3, -0.25) is 28.8 Å². The molecule has 0 aromatic rings. The van der Waals surface area contributed by atoms with Crippen molar-refractivity contribution >= 4 is 35.8 Å². The van der Waals surface area contributed by atoms with E-state index in [0.717, 1.165) is 41.5 Å². The number of ether oxygens (including phenoxy) is 9. The highest BCUT2D eigenvalue weighted by Crippen LogP contribution is 2.34. The fourth-order valence-electron chi connectivity index (χ4n) is 4.27. The van der Waals surface area contributed by atoms with Crippen LogP contribution in [0.15, 0.2) is 0 Å². The van der Waals surface area contributed by atoms with Gasteiger partial charge in [0.25, 0.3) is 0 Å². The normalized spacial score (nSPS) is 33.6. The number of aliphatic hydroxyl groups is 1. The molecule has 0 aliphatic carbocycles. The van der Waals surface area contributed by atoms with E-state index in [4.69, 9.17) is 42.6 Å². The molecule has 0 aromatic carbocycles. The third kappa shape index (κ3) is 9.11. The predicted octanol–water partition coefficient (Wildman–Crippen LogP) is -0.945. The van der Waals surface area contributed by atoms with Gasteiger partial charge in [-0.2, -0.15) is 0 Å². The van der Waals surface area contributed by atoms with Crippen molar-refractivity contribution in [3.05, 3.63) is 0 Å². The quantitative estimate of drug-likeness (QED) is 0.259. The lowest BCUT2D eigenvalue weighted by molar-refractivity contribution is -0.360. The minimum atomic E-state index is -1.90. The summed E-state index contributed by atoms with van der Waals surface area (Å²) in [5.74, 6) is -4.80. The molecule has 2 fully saturated rings. The maximum atomic E-state index is 12.0. The van der Waals surface area contributed by atoms with Crippen molar-refractivity contribution in [1.29, 1.82) is 0 Å². The molecule has 10 atom stereocenters. The van der Waals surface area contributed by atoms with E-state index in [2.05, 4.69) is 0 Å². The number of hydrogen-bond donors (Lipinski definition) is 1. The molecule has 1 N–H and O–H groups in total. The van der Waals surface area contributed by atoms with Gasteiger partial charge < -0.3 is 47.7 Å². The Morgan fingerprint density at radius 1 is 0.575 bits per heavy atom. The highest BCUT2D eigenvalue weighted by molar-refractivity contribution is 5.69. The zero-order valence-electron chi connectivity index (χ0n) is 23.1. The van der Waals surface area contributed by atoms with Gasteiger partial charge in [0.2, 0.25) is 0 Å². The fraction of sp³-hybridized carbons (Fsp3) is 0.750. The Morgan fingerprint density at radius 3 is 1.48 bits per heavy atom. The maximum absolute atomic E-state index is 12.0. The molecule has 16 nitrogen and oxygen atoms in total. The van der Waals surface area contributed by atoms with Crippen LogP contribution in [0.2, 0.25) is 0 Å². The first-order valence-corrected chi connectivity index (χ1v) is 12.2. The van der Waals surface area contributed by atoms with E-state index in [1.807, 2.05) is 0 Å². The Labute approximate surface area is 229 Å². The second kappa shape index (κ2) is 14.3. The number of esters is 6. The first-order chi connectivity index (χ1) is 18.6. The van der Waals surface area contributed by atoms with E-state index in [1.165, 1.54) is 6.92 Å². The van der Waals surface area contributed by atoms with Gasteiger partial charge in [-0.05, 0) is 6.92 Å². The lowest BCUT2D eigenvalue weighted by Crippen LogP contribution is -2.66. The molecule has 10 unspecified atom stereocenters. The zero-order valence-corrected chi connectivity index (χ0v) is 23.1. The number of hydrogen-bond acceptors (Lipinski definition) is 16. The minimum Gasteiger partial charge on any atom is -0.463 e. The molecule has 2 rings (SSSR count). The Bertz CT molecular complexity index is 965. The molecule has 16 heteroatoms. The van der Waals surface area contributed by atoms with Crippen molar-refractivity contribution in [2.75, 3.05) is 6.61 Å². The highest BCUT2D eigenvalue weighted by Gasteiger charge is 2.56. The number of rotatable bonds is 9. The van der Waals surface area contributed by atoms with Crippen molar-refractivity contribution in [3.8, 4) is 0 Å². The molecular weight excluding hydrogens is 544 g/mol. The standard InChI is InChI=1S/C24H34O16/c1-9-17(34-11(3)26)19(36-13(5)28)22(38-15(7)30)24(33-9)40-21-20(37-14(6)29)18(35-12(4)27)16(39-23(21)31)8-32-10(2)25/h9,16-24,31H,8H2,1-7H3. The Morgan fingerprint density at radius 2 is 1.00 bits per heavy atom. The predicted molar refractivity (Wildman–Crippen MR) is 124 cm³/mol. The van der Waals surface area contributed by atoms with Crippen molar-refractivity contribution in [2.24, 2.45) is 0 Å². The van der Waals surface area contributed by atoms with Gasteiger partial charge in [0.1, 0.15) is 12.7 Å². The number of carbonyl (C=O) groups excluding carboxylic acids is 6. The summed E-state index contributed by atoms with van der Waals surface area (Å²) in [5, 5.41) is 10.8. The first-order valence-electron chi connectivity index (χ1n) is 12.2. The minimum absolute atomic E-state index is 0.486. The van der Waals surface area contributed by atoms with Crippen LogP contribution < -0.4 is 0 Å². The summed E-state index contributed by atoms with van der Waals surface area (Å²) < 4.78 is 48.6. The number of carbonyl (C=O) groups is 6. The van der Waals surface area contributed by atoms with Gasteiger partial charge in [-0.15, -0.1) is 0 Å².